The molecule has 0 bridgehead atoms. The van der Waals surface area contributed by atoms with E-state index in [0.717, 1.165) is 31.5 Å². The van der Waals surface area contributed by atoms with Crippen molar-refractivity contribution >= 4 is 11.7 Å². The number of carbonyl (C=O) groups is 1. The first kappa shape index (κ1) is 29.6. The Hall–Kier alpha value is -2.94. The summed E-state index contributed by atoms with van der Waals surface area (Å²) in [4.78, 5) is 14.3. The van der Waals surface area contributed by atoms with Crippen molar-refractivity contribution in [3.63, 3.8) is 0 Å². The minimum absolute atomic E-state index is 0.208. The number of hydrogen-bond donors (Lipinski definition) is 1. The van der Waals surface area contributed by atoms with Crippen molar-refractivity contribution in [1.29, 1.82) is 0 Å². The van der Waals surface area contributed by atoms with Crippen LogP contribution in [0.1, 0.15) is 52.5 Å². The molecule has 210 valence electrons. The lowest BCUT2D eigenvalue weighted by atomic mass is 9.86. The SMILES string of the molecule is C/C=C(\C=C1/CNC(c2ccc(OC)c(OC)c2)=C1CC(F)(F)F)C1CCN(CC(=O)OC(C)(C)C)CC1. The molecule has 1 aromatic carbocycles. The lowest BCUT2D eigenvalue weighted by Gasteiger charge is -2.32. The van der Waals surface area contributed by atoms with Crippen LogP contribution < -0.4 is 14.8 Å². The molecule has 6 nitrogen and oxygen atoms in total. The molecular weight excluding hydrogens is 497 g/mol. The van der Waals surface area contributed by atoms with Gasteiger partial charge in [0.2, 0.25) is 0 Å². The second kappa shape index (κ2) is 12.3. The van der Waals surface area contributed by atoms with Crippen molar-refractivity contribution in [1.82, 2.24) is 10.2 Å². The number of likely N-dealkylation sites (tertiary alicyclic amines) is 1. The summed E-state index contributed by atoms with van der Waals surface area (Å²) in [5.74, 6) is 0.929. The molecule has 2 aliphatic heterocycles. The molecule has 0 unspecified atom stereocenters. The van der Waals surface area contributed by atoms with Gasteiger partial charge in [0.25, 0.3) is 0 Å². The molecule has 0 atom stereocenters. The smallest absolute Gasteiger partial charge is 0.393 e. The average Bonchev–Trinajstić information content (AvgIpc) is 3.21. The molecule has 1 saturated heterocycles. The van der Waals surface area contributed by atoms with Gasteiger partial charge in [-0.05, 0) is 94.5 Å². The summed E-state index contributed by atoms with van der Waals surface area (Å²) in [7, 11) is 3.01. The van der Waals surface area contributed by atoms with Crippen LogP contribution in [0.25, 0.3) is 5.70 Å². The maximum Gasteiger partial charge on any atom is 0.393 e. The van der Waals surface area contributed by atoms with E-state index in [9.17, 15) is 18.0 Å². The minimum Gasteiger partial charge on any atom is -0.493 e. The highest BCUT2D eigenvalue weighted by Gasteiger charge is 2.35. The number of nitrogens with one attached hydrogen (secondary N) is 1. The van der Waals surface area contributed by atoms with E-state index in [1.807, 2.05) is 39.8 Å². The van der Waals surface area contributed by atoms with E-state index in [-0.39, 0.29) is 24.0 Å². The lowest BCUT2D eigenvalue weighted by Crippen LogP contribution is -2.40. The van der Waals surface area contributed by atoms with Crippen LogP contribution >= 0.6 is 0 Å². The van der Waals surface area contributed by atoms with Gasteiger partial charge in [0, 0.05) is 17.8 Å². The molecule has 1 fully saturated rings. The highest BCUT2D eigenvalue weighted by Crippen LogP contribution is 2.39. The standard InChI is InChI=1S/C29H39F3N2O4/c1-7-19(20-10-12-34(13-11-20)18-26(35)38-28(2,3)4)14-22-17-33-27(23(22)16-29(30,31)32)21-8-9-24(36-5)25(15-21)37-6/h7-9,14-15,20,33H,10-13,16-18H2,1-6H3/b19-7+,22-14+. The molecule has 1 N–H and O–H groups in total. The van der Waals surface area contributed by atoms with E-state index >= 15 is 0 Å². The Balaban J connectivity index is 1.80. The highest BCUT2D eigenvalue weighted by atomic mass is 19.4. The fourth-order valence-electron chi connectivity index (χ4n) is 4.98. The van der Waals surface area contributed by atoms with Gasteiger partial charge in [0.05, 0.1) is 27.2 Å². The zero-order valence-corrected chi connectivity index (χ0v) is 23.1. The maximum absolute atomic E-state index is 13.7. The average molecular weight is 537 g/mol. The van der Waals surface area contributed by atoms with E-state index < -0.39 is 18.2 Å². The Kier molecular flexibility index (Phi) is 9.57. The van der Waals surface area contributed by atoms with E-state index in [0.29, 0.717) is 34.9 Å². The number of hydrogen-bond acceptors (Lipinski definition) is 6. The molecule has 9 heteroatoms. The molecule has 2 heterocycles. The largest absolute Gasteiger partial charge is 0.493 e. The van der Waals surface area contributed by atoms with E-state index in [1.165, 1.54) is 14.2 Å². The number of nitrogens with zero attached hydrogens (tertiary/aromatic N) is 1. The first-order valence-corrected chi connectivity index (χ1v) is 12.9. The number of esters is 1. The van der Waals surface area contributed by atoms with Crippen LogP contribution in [0.15, 0.2) is 47.1 Å². The van der Waals surface area contributed by atoms with Gasteiger partial charge in [-0.1, -0.05) is 12.2 Å². The highest BCUT2D eigenvalue weighted by molar-refractivity contribution is 5.77. The Morgan fingerprint density at radius 3 is 2.32 bits per heavy atom. The van der Waals surface area contributed by atoms with Gasteiger partial charge in [-0.3, -0.25) is 9.69 Å². The molecule has 2 aliphatic rings. The molecule has 0 radical (unpaired) electrons. The van der Waals surface area contributed by atoms with Crippen LogP contribution in [-0.4, -0.2) is 63.0 Å². The van der Waals surface area contributed by atoms with Gasteiger partial charge in [0.1, 0.15) is 5.60 Å². The normalized spacial score (nSPS) is 19.1. The van der Waals surface area contributed by atoms with Crippen molar-refractivity contribution in [3.05, 3.63) is 52.6 Å². The summed E-state index contributed by atoms with van der Waals surface area (Å²) < 4.78 is 57.1. The van der Waals surface area contributed by atoms with Gasteiger partial charge in [0.15, 0.2) is 11.5 Å². The Labute approximate surface area is 223 Å². The summed E-state index contributed by atoms with van der Waals surface area (Å²) >= 11 is 0. The van der Waals surface area contributed by atoms with Crippen molar-refractivity contribution in [2.75, 3.05) is 40.4 Å². The minimum atomic E-state index is -4.36. The number of carbonyl (C=O) groups excluding carboxylic acids is 1. The van der Waals surface area contributed by atoms with Gasteiger partial charge in [-0.15, -0.1) is 0 Å². The van der Waals surface area contributed by atoms with E-state index in [1.54, 1.807) is 18.2 Å². The number of rotatable bonds is 8. The molecule has 0 amide bonds. The number of ether oxygens (including phenoxy) is 3. The zero-order valence-electron chi connectivity index (χ0n) is 23.1. The maximum atomic E-state index is 13.7. The van der Waals surface area contributed by atoms with Gasteiger partial charge in [-0.25, -0.2) is 0 Å². The number of piperidine rings is 1. The molecule has 0 spiro atoms. The fourth-order valence-corrected chi connectivity index (χ4v) is 4.98. The molecular formula is C29H39F3N2O4. The van der Waals surface area contributed by atoms with Gasteiger partial charge < -0.3 is 19.5 Å². The summed E-state index contributed by atoms with van der Waals surface area (Å²) in [6.07, 6.45) is 0.157. The van der Waals surface area contributed by atoms with Crippen LogP contribution in [0.3, 0.4) is 0 Å². The van der Waals surface area contributed by atoms with E-state index in [4.69, 9.17) is 14.2 Å². The fraction of sp³-hybridized carbons (Fsp3) is 0.552. The number of halogens is 3. The molecule has 0 aliphatic carbocycles. The third kappa shape index (κ3) is 8.03. The molecule has 38 heavy (non-hydrogen) atoms. The van der Waals surface area contributed by atoms with Gasteiger partial charge in [-0.2, -0.15) is 13.2 Å². The molecule has 1 aromatic rings. The van der Waals surface area contributed by atoms with Gasteiger partial charge >= 0.3 is 12.1 Å². The summed E-state index contributed by atoms with van der Waals surface area (Å²) in [5, 5.41) is 3.19. The predicted octanol–water partition coefficient (Wildman–Crippen LogP) is 5.90. The Morgan fingerprint density at radius 1 is 1.11 bits per heavy atom. The van der Waals surface area contributed by atoms with E-state index in [2.05, 4.69) is 10.2 Å². The Bertz CT molecular complexity index is 1090. The Morgan fingerprint density at radius 2 is 1.76 bits per heavy atom. The van der Waals surface area contributed by atoms with Crippen molar-refractivity contribution in [2.45, 2.75) is 58.7 Å². The number of methoxy groups -OCH3 is 2. The van der Waals surface area contributed by atoms with Crippen molar-refractivity contribution in [2.24, 2.45) is 5.92 Å². The zero-order chi connectivity index (χ0) is 28.1. The number of alkyl halides is 3. The topological polar surface area (TPSA) is 60.0 Å². The van der Waals surface area contributed by atoms with Crippen molar-refractivity contribution < 1.29 is 32.2 Å². The van der Waals surface area contributed by atoms with Crippen LogP contribution in [0.2, 0.25) is 0 Å². The quantitative estimate of drug-likeness (QED) is 0.418. The monoisotopic (exact) mass is 536 g/mol. The van der Waals surface area contributed by atoms with Crippen LogP contribution in [0, 0.1) is 5.92 Å². The molecule has 0 aromatic heterocycles. The first-order valence-electron chi connectivity index (χ1n) is 12.9. The summed E-state index contributed by atoms with van der Waals surface area (Å²) in [6, 6.07) is 5.12. The van der Waals surface area contributed by atoms with Crippen LogP contribution in [0.5, 0.6) is 11.5 Å². The van der Waals surface area contributed by atoms with Crippen LogP contribution in [0.4, 0.5) is 13.2 Å². The second-order valence-corrected chi connectivity index (χ2v) is 10.7. The number of benzene rings is 1. The summed E-state index contributed by atoms with van der Waals surface area (Å²) in [6.45, 7) is 9.47. The lowest BCUT2D eigenvalue weighted by molar-refractivity contribution is -0.156. The number of allylic oxidation sites excluding steroid dienone is 3. The molecule has 3 rings (SSSR count). The first-order chi connectivity index (χ1) is 17.8. The second-order valence-electron chi connectivity index (χ2n) is 10.7. The van der Waals surface area contributed by atoms with Crippen molar-refractivity contribution in [3.8, 4) is 11.5 Å². The molecule has 0 saturated carbocycles. The third-order valence-electron chi connectivity index (χ3n) is 6.70. The third-order valence-corrected chi connectivity index (χ3v) is 6.70. The summed E-state index contributed by atoms with van der Waals surface area (Å²) in [5.41, 5.74) is 2.45. The predicted molar refractivity (Wildman–Crippen MR) is 142 cm³/mol. The van der Waals surface area contributed by atoms with Crippen LogP contribution in [-0.2, 0) is 9.53 Å².